The summed E-state index contributed by atoms with van der Waals surface area (Å²) in [4.78, 5) is 25.3. The van der Waals surface area contributed by atoms with Crippen molar-refractivity contribution in [3.05, 3.63) is 76.8 Å². The van der Waals surface area contributed by atoms with E-state index in [9.17, 15) is 9.59 Å². The monoisotopic (exact) mass is 388 g/mol. The predicted octanol–water partition coefficient (Wildman–Crippen LogP) is 3.23. The molecule has 0 saturated carbocycles. The topological polar surface area (TPSA) is 34.1 Å². The van der Waals surface area contributed by atoms with Gasteiger partial charge in [-0.2, -0.15) is 0 Å². The van der Waals surface area contributed by atoms with Crippen molar-refractivity contribution in [1.29, 1.82) is 0 Å². The van der Waals surface area contributed by atoms with Gasteiger partial charge >= 0.3 is 145 Å². The molecule has 118 valence electrons. The number of ketones is 1. The summed E-state index contributed by atoms with van der Waals surface area (Å²) in [6.45, 7) is 6.02. The molecule has 0 unspecified atom stereocenters. The van der Waals surface area contributed by atoms with Crippen LogP contribution in [-0.4, -0.2) is 34.2 Å². The van der Waals surface area contributed by atoms with Crippen LogP contribution in [0.25, 0.3) is 0 Å². The zero-order valence-corrected chi connectivity index (χ0v) is 16.3. The molecule has 0 N–H and O–H groups in total. The second-order valence-electron chi connectivity index (χ2n) is 6.23. The Balaban J connectivity index is 2.37. The molecule has 0 aromatic heterocycles. The molecule has 0 radical (unpaired) electrons. The van der Waals surface area contributed by atoms with Gasteiger partial charge in [-0.05, 0) is 0 Å². The Morgan fingerprint density at radius 1 is 0.870 bits per heavy atom. The summed E-state index contributed by atoms with van der Waals surface area (Å²) >= 11 is -0.177. The normalized spacial score (nSPS) is 12.0. The van der Waals surface area contributed by atoms with E-state index in [0.717, 1.165) is 4.46 Å². The van der Waals surface area contributed by atoms with Gasteiger partial charge in [0, 0.05) is 0 Å². The van der Waals surface area contributed by atoms with Gasteiger partial charge in [-0.3, -0.25) is 0 Å². The van der Waals surface area contributed by atoms with Crippen LogP contribution in [0, 0.1) is 0 Å². The summed E-state index contributed by atoms with van der Waals surface area (Å²) in [7, 11) is -1.94. The number of allylic oxidation sites excluding steroid dienone is 2. The van der Waals surface area contributed by atoms with E-state index in [0.29, 0.717) is 10.0 Å². The molecule has 2 aromatic carbocycles. The molecule has 0 aliphatic carbocycles. The number of hydrogen-bond donors (Lipinski definition) is 0. The average Bonchev–Trinajstić information content (AvgIpc) is 2.54. The van der Waals surface area contributed by atoms with E-state index in [1.54, 1.807) is 18.2 Å². The van der Waals surface area contributed by atoms with Crippen molar-refractivity contribution in [2.75, 3.05) is 0 Å². The fraction of sp³-hybridized carbons (Fsp3) is 0.158. The molecule has 0 atom stereocenters. The Kier molecular flexibility index (Phi) is 5.89. The second kappa shape index (κ2) is 7.69. The first-order chi connectivity index (χ1) is 10.9. The van der Waals surface area contributed by atoms with Crippen LogP contribution >= 0.6 is 0 Å². The van der Waals surface area contributed by atoms with Crippen molar-refractivity contribution >= 4 is 38.7 Å². The third kappa shape index (κ3) is 5.14. The molecular weight excluding hydrogens is 367 g/mol. The van der Waals surface area contributed by atoms with E-state index < -0.39 is 8.07 Å². The summed E-state index contributed by atoms with van der Waals surface area (Å²) in [5, 5.41) is 0.120. The van der Waals surface area contributed by atoms with Crippen LogP contribution in [-0.2, 0) is 4.79 Å². The molecule has 2 aromatic rings. The van der Waals surface area contributed by atoms with Gasteiger partial charge in [-0.1, -0.05) is 0 Å². The summed E-state index contributed by atoms with van der Waals surface area (Å²) in [5.41, 5.74) is 0.639. The van der Waals surface area contributed by atoms with Gasteiger partial charge in [-0.15, -0.1) is 0 Å². The van der Waals surface area contributed by atoms with Gasteiger partial charge in [0.25, 0.3) is 0 Å². The first kappa shape index (κ1) is 17.6. The van der Waals surface area contributed by atoms with Crippen molar-refractivity contribution in [1.82, 2.24) is 0 Å². The van der Waals surface area contributed by atoms with Crippen LogP contribution in [0.1, 0.15) is 10.4 Å². The first-order valence-electron chi connectivity index (χ1n) is 7.47. The Morgan fingerprint density at radius 3 is 1.91 bits per heavy atom. The summed E-state index contributed by atoms with van der Waals surface area (Å²) in [5.74, 6) is -0.0407. The quantitative estimate of drug-likeness (QED) is 0.433. The average molecular weight is 387 g/mol. The summed E-state index contributed by atoms with van der Waals surface area (Å²) in [6.07, 6.45) is 1.61. The molecule has 2 nitrogen and oxygen atoms in total. The minimum atomic E-state index is -1.94. The molecule has 0 aliphatic heterocycles. The second-order valence-corrected chi connectivity index (χ2v) is 13.6. The standard InChI is InChI=1S/C19H20O2SeSi/c1-23(2,3)18(20)14-17(22-16-12-8-5-9-13-16)19(21)15-10-6-4-7-11-15/h4-14H,1-3H3/b17-14-. The van der Waals surface area contributed by atoms with Crippen LogP contribution in [0.5, 0.6) is 0 Å². The SMILES string of the molecule is C[Si](C)(C)C(=O)/C=C(\[Se]c1ccccc1)C(=O)c1ccccc1. The maximum atomic E-state index is 12.8. The predicted molar refractivity (Wildman–Crippen MR) is 99.0 cm³/mol. The van der Waals surface area contributed by atoms with Gasteiger partial charge in [-0.25, -0.2) is 0 Å². The van der Waals surface area contributed by atoms with Gasteiger partial charge in [0.05, 0.1) is 0 Å². The third-order valence-corrected chi connectivity index (χ3v) is 7.02. The van der Waals surface area contributed by atoms with E-state index >= 15 is 0 Å². The molecule has 2 rings (SSSR count). The van der Waals surface area contributed by atoms with Gasteiger partial charge in [0.2, 0.25) is 0 Å². The van der Waals surface area contributed by atoms with E-state index in [-0.39, 0.29) is 26.1 Å². The number of Topliss-reactive ketones (excluding diaryl/α,β-unsaturated/α-hetero) is 1. The molecule has 23 heavy (non-hydrogen) atoms. The van der Waals surface area contributed by atoms with Gasteiger partial charge < -0.3 is 0 Å². The summed E-state index contributed by atoms with van der Waals surface area (Å²) in [6, 6.07) is 19.1. The molecular formula is C19H20O2SeSi. The Hall–Kier alpha value is -1.74. The Morgan fingerprint density at radius 2 is 1.39 bits per heavy atom. The van der Waals surface area contributed by atoms with Crippen molar-refractivity contribution in [2.45, 2.75) is 19.6 Å². The van der Waals surface area contributed by atoms with Crippen LogP contribution in [0.3, 0.4) is 0 Å². The zero-order valence-electron chi connectivity index (χ0n) is 13.6. The fourth-order valence-corrected chi connectivity index (χ4v) is 4.57. The van der Waals surface area contributed by atoms with E-state index in [1.165, 1.54) is 0 Å². The molecule has 0 saturated heterocycles. The van der Waals surface area contributed by atoms with E-state index in [2.05, 4.69) is 0 Å². The Labute approximate surface area is 144 Å². The molecule has 0 spiro atoms. The van der Waals surface area contributed by atoms with Gasteiger partial charge in [0.15, 0.2) is 0 Å². The molecule has 4 heteroatoms. The zero-order chi connectivity index (χ0) is 16.9. The van der Waals surface area contributed by atoms with E-state index in [4.69, 9.17) is 0 Å². The van der Waals surface area contributed by atoms with Crippen LogP contribution < -0.4 is 4.46 Å². The van der Waals surface area contributed by atoms with E-state index in [1.807, 2.05) is 68.2 Å². The molecule has 0 bridgehead atoms. The molecule has 0 heterocycles. The Bertz CT molecular complexity index is 716. The first-order valence-corrected chi connectivity index (χ1v) is 12.7. The van der Waals surface area contributed by atoms with Crippen molar-refractivity contribution in [3.63, 3.8) is 0 Å². The molecule has 0 amide bonds. The fourth-order valence-electron chi connectivity index (χ4n) is 1.82. The number of hydrogen-bond acceptors (Lipinski definition) is 2. The van der Waals surface area contributed by atoms with Crippen LogP contribution in [0.15, 0.2) is 71.2 Å². The van der Waals surface area contributed by atoms with Crippen LogP contribution in [0.2, 0.25) is 19.6 Å². The number of carbonyl (C=O) groups is 2. The number of benzene rings is 2. The van der Waals surface area contributed by atoms with Crippen molar-refractivity contribution in [3.8, 4) is 0 Å². The maximum absolute atomic E-state index is 12.8. The third-order valence-electron chi connectivity index (χ3n) is 3.23. The summed E-state index contributed by atoms with van der Waals surface area (Å²) < 4.78 is 1.72. The molecule has 0 fully saturated rings. The molecule has 0 aliphatic rings. The van der Waals surface area contributed by atoms with Gasteiger partial charge in [0.1, 0.15) is 0 Å². The van der Waals surface area contributed by atoms with Crippen molar-refractivity contribution < 1.29 is 9.59 Å². The number of rotatable bonds is 6. The van der Waals surface area contributed by atoms with Crippen LogP contribution in [0.4, 0.5) is 0 Å². The van der Waals surface area contributed by atoms with Crippen molar-refractivity contribution in [2.24, 2.45) is 0 Å². The minimum absolute atomic E-state index is 0.0407. The number of carbonyl (C=O) groups excluding carboxylic acids is 2.